The van der Waals surface area contributed by atoms with Gasteiger partial charge < -0.3 is 29.4 Å². The number of carbonyl (C=O) groups excluding carboxylic acids is 1. The van der Waals surface area contributed by atoms with Gasteiger partial charge in [-0.3, -0.25) is 4.79 Å². The fourth-order valence-electron chi connectivity index (χ4n) is 3.52. The Morgan fingerprint density at radius 2 is 1.74 bits per heavy atom. The highest BCUT2D eigenvalue weighted by Gasteiger charge is 2.21. The molecule has 1 aromatic heterocycles. The van der Waals surface area contributed by atoms with Crippen molar-refractivity contribution in [2.24, 2.45) is 5.73 Å². The first kappa shape index (κ1) is 20.6. The number of amides is 1. The number of ether oxygens (including phenoxy) is 5. The van der Waals surface area contributed by atoms with E-state index in [2.05, 4.69) is 4.98 Å². The Morgan fingerprint density at radius 3 is 2.39 bits per heavy atom. The average molecular weight is 424 g/mol. The van der Waals surface area contributed by atoms with E-state index >= 15 is 0 Å². The number of methoxy groups -OCH3 is 2. The normalized spacial score (nSPS) is 12.5. The molecule has 0 saturated heterocycles. The van der Waals surface area contributed by atoms with Gasteiger partial charge in [0.15, 0.2) is 23.0 Å². The minimum Gasteiger partial charge on any atom is -0.493 e. The number of benzene rings is 2. The van der Waals surface area contributed by atoms with Crippen LogP contribution in [0.5, 0.6) is 28.7 Å². The van der Waals surface area contributed by atoms with Crippen LogP contribution in [-0.4, -0.2) is 44.9 Å². The van der Waals surface area contributed by atoms with Crippen LogP contribution in [0.4, 0.5) is 0 Å². The second-order valence-corrected chi connectivity index (χ2v) is 7.00. The molecule has 0 saturated carbocycles. The summed E-state index contributed by atoms with van der Waals surface area (Å²) in [4.78, 5) is 16.5. The maximum absolute atomic E-state index is 12.0. The first-order chi connectivity index (χ1) is 15.0. The Morgan fingerprint density at radius 1 is 1.03 bits per heavy atom. The summed E-state index contributed by atoms with van der Waals surface area (Å²) in [7, 11) is 3.11. The van der Waals surface area contributed by atoms with Gasteiger partial charge in [0, 0.05) is 10.9 Å². The minimum absolute atomic E-state index is 0.144. The Labute approximate surface area is 179 Å². The average Bonchev–Trinajstić information content (AvgIpc) is 2.79. The van der Waals surface area contributed by atoms with E-state index in [1.54, 1.807) is 26.4 Å². The Balaban J connectivity index is 1.98. The predicted octanol–water partition coefficient (Wildman–Crippen LogP) is 3.58. The first-order valence-electron chi connectivity index (χ1n) is 9.99. The lowest BCUT2D eigenvalue weighted by atomic mass is 10.0. The number of hydrogen-bond acceptors (Lipinski definition) is 7. The van der Waals surface area contributed by atoms with Gasteiger partial charge in [-0.25, -0.2) is 4.98 Å². The monoisotopic (exact) mass is 424 g/mol. The van der Waals surface area contributed by atoms with Gasteiger partial charge in [0.2, 0.25) is 5.75 Å². The van der Waals surface area contributed by atoms with Crippen LogP contribution in [0.3, 0.4) is 0 Å². The summed E-state index contributed by atoms with van der Waals surface area (Å²) >= 11 is 0. The predicted molar refractivity (Wildman–Crippen MR) is 116 cm³/mol. The van der Waals surface area contributed by atoms with Crippen molar-refractivity contribution >= 4 is 16.7 Å². The number of pyridine rings is 1. The van der Waals surface area contributed by atoms with Crippen molar-refractivity contribution in [3.63, 3.8) is 0 Å². The van der Waals surface area contributed by atoms with Gasteiger partial charge in [-0.15, -0.1) is 0 Å². The van der Waals surface area contributed by atoms with Gasteiger partial charge in [-0.1, -0.05) is 6.92 Å². The molecule has 31 heavy (non-hydrogen) atoms. The lowest BCUT2D eigenvalue weighted by Gasteiger charge is -2.20. The molecule has 4 rings (SSSR count). The maximum atomic E-state index is 12.0. The molecule has 0 fully saturated rings. The Bertz CT molecular complexity index is 1140. The number of hydrogen-bond donors (Lipinski definition) is 1. The molecule has 8 heteroatoms. The lowest BCUT2D eigenvalue weighted by Crippen LogP contribution is -2.16. The third-order valence-electron chi connectivity index (χ3n) is 4.93. The van der Waals surface area contributed by atoms with Gasteiger partial charge in [-0.2, -0.15) is 0 Å². The highest BCUT2D eigenvalue weighted by atomic mass is 16.6. The second-order valence-electron chi connectivity index (χ2n) is 7.00. The van der Waals surface area contributed by atoms with Crippen molar-refractivity contribution in [2.75, 3.05) is 34.0 Å². The van der Waals surface area contributed by atoms with E-state index in [1.165, 1.54) is 0 Å². The number of nitrogens with two attached hydrogens (primary N) is 1. The number of fused-ring (bicyclic) bond motifs is 2. The Kier molecular flexibility index (Phi) is 5.70. The van der Waals surface area contributed by atoms with E-state index < -0.39 is 5.91 Å². The van der Waals surface area contributed by atoms with Gasteiger partial charge in [0.1, 0.15) is 18.9 Å². The molecule has 1 aliphatic rings. The van der Waals surface area contributed by atoms with Crippen molar-refractivity contribution in [2.45, 2.75) is 13.3 Å². The molecule has 162 valence electrons. The number of primary amides is 1. The van der Waals surface area contributed by atoms with E-state index in [1.807, 2.05) is 25.1 Å². The van der Waals surface area contributed by atoms with Crippen LogP contribution in [0.15, 0.2) is 30.3 Å². The third-order valence-corrected chi connectivity index (χ3v) is 4.93. The first-order valence-corrected chi connectivity index (χ1v) is 9.99. The zero-order chi connectivity index (χ0) is 22.0. The molecule has 0 unspecified atom stereocenters. The van der Waals surface area contributed by atoms with Crippen molar-refractivity contribution in [1.29, 1.82) is 0 Å². The summed E-state index contributed by atoms with van der Waals surface area (Å²) in [5, 5.41) is 1.54. The summed E-state index contributed by atoms with van der Waals surface area (Å²) < 4.78 is 28.4. The van der Waals surface area contributed by atoms with Crippen LogP contribution in [-0.2, 0) is 0 Å². The van der Waals surface area contributed by atoms with E-state index in [4.69, 9.17) is 29.4 Å². The largest absolute Gasteiger partial charge is 0.493 e. The van der Waals surface area contributed by atoms with E-state index in [0.29, 0.717) is 59.8 Å². The number of carbonyl (C=O) groups is 1. The second kappa shape index (κ2) is 8.59. The molecule has 8 nitrogen and oxygen atoms in total. The molecule has 1 aliphatic heterocycles. The van der Waals surface area contributed by atoms with E-state index in [9.17, 15) is 4.79 Å². The number of nitrogens with zero attached hydrogens (tertiary/aromatic N) is 1. The van der Waals surface area contributed by atoms with Crippen LogP contribution >= 0.6 is 0 Å². The van der Waals surface area contributed by atoms with Gasteiger partial charge in [-0.05, 0) is 42.1 Å². The van der Waals surface area contributed by atoms with Crippen LogP contribution in [0.25, 0.3) is 22.0 Å². The summed E-state index contributed by atoms with van der Waals surface area (Å²) in [6.45, 7) is 3.46. The fraction of sp³-hybridized carbons (Fsp3) is 0.304. The number of aromatic nitrogens is 1. The number of rotatable bonds is 7. The molecule has 2 aromatic carbocycles. The van der Waals surface area contributed by atoms with Crippen molar-refractivity contribution in [3.8, 4) is 40.0 Å². The van der Waals surface area contributed by atoms with E-state index in [0.717, 1.165) is 17.2 Å². The molecular weight excluding hydrogens is 400 g/mol. The SMILES string of the molecule is CCCOc1cc(-c2nc(C(N)=O)cc3cc4c(cc23)OCCO4)cc(OC)c1OC. The molecule has 2 N–H and O–H groups in total. The minimum atomic E-state index is -0.624. The molecule has 3 aromatic rings. The topological polar surface area (TPSA) is 102 Å². The maximum Gasteiger partial charge on any atom is 0.267 e. The molecule has 1 amide bonds. The fourth-order valence-corrected chi connectivity index (χ4v) is 3.52. The van der Waals surface area contributed by atoms with Crippen LogP contribution in [0.1, 0.15) is 23.8 Å². The van der Waals surface area contributed by atoms with Crippen LogP contribution < -0.4 is 29.4 Å². The molecule has 0 radical (unpaired) electrons. The zero-order valence-electron chi connectivity index (χ0n) is 17.7. The van der Waals surface area contributed by atoms with Crippen LogP contribution in [0, 0.1) is 0 Å². The van der Waals surface area contributed by atoms with Crippen molar-refractivity contribution < 1.29 is 28.5 Å². The summed E-state index contributed by atoms with van der Waals surface area (Å²) in [6, 6.07) is 8.95. The highest BCUT2D eigenvalue weighted by molar-refractivity contribution is 6.02. The summed E-state index contributed by atoms with van der Waals surface area (Å²) in [5.41, 5.74) is 6.94. The van der Waals surface area contributed by atoms with Crippen LogP contribution in [0.2, 0.25) is 0 Å². The van der Waals surface area contributed by atoms with Gasteiger partial charge in [0.05, 0.1) is 26.5 Å². The zero-order valence-corrected chi connectivity index (χ0v) is 17.7. The molecular formula is C23H24N2O6. The molecule has 2 heterocycles. The molecule has 0 aliphatic carbocycles. The molecule has 0 atom stereocenters. The van der Waals surface area contributed by atoms with Crippen molar-refractivity contribution in [1.82, 2.24) is 4.98 Å². The quantitative estimate of drug-likeness (QED) is 0.618. The standard InChI is InChI=1S/C23H24N2O6/c1-4-5-29-20-11-14(10-19(27-2)22(20)28-3)21-15-12-18-17(30-6-7-31-18)9-13(15)8-16(25-21)23(24)26/h8-12H,4-7H2,1-3H3,(H2,24,26). The third kappa shape index (κ3) is 3.88. The lowest BCUT2D eigenvalue weighted by molar-refractivity contribution is 0.0996. The van der Waals surface area contributed by atoms with Crippen molar-refractivity contribution in [3.05, 3.63) is 36.0 Å². The summed E-state index contributed by atoms with van der Waals surface area (Å²) in [5.74, 6) is 2.12. The van der Waals surface area contributed by atoms with E-state index in [-0.39, 0.29) is 5.69 Å². The molecule has 0 spiro atoms. The molecule has 0 bridgehead atoms. The van der Waals surface area contributed by atoms with Gasteiger partial charge >= 0.3 is 0 Å². The smallest absolute Gasteiger partial charge is 0.267 e. The van der Waals surface area contributed by atoms with Gasteiger partial charge in [0.25, 0.3) is 5.91 Å². The highest BCUT2D eigenvalue weighted by Crippen LogP contribution is 2.44. The Hall–Kier alpha value is -3.68. The summed E-state index contributed by atoms with van der Waals surface area (Å²) in [6.07, 6.45) is 0.831.